The molecule has 108 valence electrons. The lowest BCUT2D eigenvalue weighted by atomic mass is 10.1. The van der Waals surface area contributed by atoms with Crippen molar-refractivity contribution in [2.45, 2.75) is 0 Å². The zero-order valence-electron chi connectivity index (χ0n) is 10.3. The first-order chi connectivity index (χ1) is 9.88. The van der Waals surface area contributed by atoms with Gasteiger partial charge in [-0.05, 0) is 30.3 Å². The maximum atomic E-state index is 13.2. The molecule has 0 aliphatic heterocycles. The fourth-order valence-electron chi connectivity index (χ4n) is 1.60. The summed E-state index contributed by atoms with van der Waals surface area (Å²) in [7, 11) is 0. The Labute approximate surface area is 122 Å². The van der Waals surface area contributed by atoms with Gasteiger partial charge in [-0.2, -0.15) is 0 Å². The fourth-order valence-corrected chi connectivity index (χ4v) is 1.71. The minimum Gasteiger partial charge on any atom is -0.502 e. The highest BCUT2D eigenvalue weighted by Gasteiger charge is 2.16. The molecule has 2 aromatic rings. The lowest BCUT2D eigenvalue weighted by Gasteiger charge is -2.06. The number of rotatable bonds is 3. The van der Waals surface area contributed by atoms with Crippen molar-refractivity contribution in [3.8, 4) is 5.75 Å². The smallest absolute Gasteiger partial charge is 0.310 e. The molecule has 0 saturated carbocycles. The van der Waals surface area contributed by atoms with E-state index in [1.54, 1.807) is 0 Å². The average molecular weight is 311 g/mol. The molecular formula is C13H8ClFN2O4. The van der Waals surface area contributed by atoms with Crippen LogP contribution in [0.15, 0.2) is 36.4 Å². The molecule has 0 radical (unpaired) electrons. The lowest BCUT2D eigenvalue weighted by Crippen LogP contribution is -2.12. The molecule has 0 fully saturated rings. The number of nitro groups is 1. The average Bonchev–Trinajstić information content (AvgIpc) is 2.42. The highest BCUT2D eigenvalue weighted by molar-refractivity contribution is 6.30. The van der Waals surface area contributed by atoms with Crippen molar-refractivity contribution in [2.24, 2.45) is 0 Å². The molecule has 0 aliphatic rings. The predicted molar refractivity (Wildman–Crippen MR) is 74.1 cm³/mol. The van der Waals surface area contributed by atoms with Gasteiger partial charge in [-0.1, -0.05) is 11.6 Å². The molecule has 0 heterocycles. The molecule has 21 heavy (non-hydrogen) atoms. The van der Waals surface area contributed by atoms with Crippen LogP contribution >= 0.6 is 11.6 Å². The summed E-state index contributed by atoms with van der Waals surface area (Å²) in [5.41, 5.74) is -0.350. The second kappa shape index (κ2) is 5.76. The molecule has 1 amide bonds. The highest BCUT2D eigenvalue weighted by Crippen LogP contribution is 2.27. The van der Waals surface area contributed by atoms with Gasteiger partial charge in [0.2, 0.25) is 0 Å². The Morgan fingerprint density at radius 1 is 1.29 bits per heavy atom. The molecule has 0 unspecified atom stereocenters. The fraction of sp³-hybridized carbons (Fsp3) is 0. The van der Waals surface area contributed by atoms with Gasteiger partial charge in [0.1, 0.15) is 5.82 Å². The van der Waals surface area contributed by atoms with E-state index >= 15 is 0 Å². The Morgan fingerprint density at radius 2 is 2.00 bits per heavy atom. The molecular weight excluding hydrogens is 303 g/mol. The number of halogens is 2. The van der Waals surface area contributed by atoms with Gasteiger partial charge >= 0.3 is 5.69 Å². The highest BCUT2D eigenvalue weighted by atomic mass is 35.5. The zero-order chi connectivity index (χ0) is 15.6. The summed E-state index contributed by atoms with van der Waals surface area (Å²) in [6, 6.07) is 6.85. The van der Waals surface area contributed by atoms with Gasteiger partial charge < -0.3 is 10.4 Å². The van der Waals surface area contributed by atoms with Crippen LogP contribution in [0.1, 0.15) is 10.4 Å². The minimum absolute atomic E-state index is 0.00606. The number of anilines is 1. The van der Waals surface area contributed by atoms with Crippen LogP contribution in [-0.2, 0) is 0 Å². The van der Waals surface area contributed by atoms with Gasteiger partial charge in [0.05, 0.1) is 9.95 Å². The molecule has 0 spiro atoms. The Morgan fingerprint density at radius 3 is 2.57 bits per heavy atom. The van der Waals surface area contributed by atoms with Crippen molar-refractivity contribution in [3.63, 3.8) is 0 Å². The van der Waals surface area contributed by atoms with Gasteiger partial charge in [0, 0.05) is 17.3 Å². The number of amides is 1. The summed E-state index contributed by atoms with van der Waals surface area (Å²) in [6.07, 6.45) is 0. The number of carbonyl (C=O) groups is 1. The quantitative estimate of drug-likeness (QED) is 0.671. The summed E-state index contributed by atoms with van der Waals surface area (Å²) in [5.74, 6) is -1.97. The molecule has 6 nitrogen and oxygen atoms in total. The molecule has 2 rings (SSSR count). The van der Waals surface area contributed by atoms with Gasteiger partial charge in [-0.15, -0.1) is 0 Å². The molecule has 2 N–H and O–H groups in total. The summed E-state index contributed by atoms with van der Waals surface area (Å²) in [4.78, 5) is 21.7. The topological polar surface area (TPSA) is 92.5 Å². The maximum Gasteiger partial charge on any atom is 0.310 e. The van der Waals surface area contributed by atoms with E-state index in [1.807, 2.05) is 0 Å². The third-order valence-electron chi connectivity index (χ3n) is 2.61. The predicted octanol–water partition coefficient (Wildman–Crippen LogP) is 3.35. The maximum absolute atomic E-state index is 13.2. The van der Waals surface area contributed by atoms with Crippen LogP contribution in [0.4, 0.5) is 15.8 Å². The molecule has 8 heteroatoms. The Kier molecular flexibility index (Phi) is 4.04. The van der Waals surface area contributed by atoms with E-state index in [0.29, 0.717) is 0 Å². The summed E-state index contributed by atoms with van der Waals surface area (Å²) in [6.45, 7) is 0. The third kappa shape index (κ3) is 3.26. The van der Waals surface area contributed by atoms with Crippen LogP contribution in [0.25, 0.3) is 0 Å². The standard InChI is InChI=1S/C13H8ClFN2O4/c14-9-3-2-8(6-10(9)15)16-13(19)7-1-4-11(17(20)21)12(18)5-7/h1-6,18H,(H,16,19). The molecule has 0 saturated heterocycles. The number of carbonyl (C=O) groups excluding carboxylic acids is 1. The number of nitrogens with one attached hydrogen (secondary N) is 1. The van der Waals surface area contributed by atoms with Crippen LogP contribution < -0.4 is 5.32 Å². The number of nitrogens with zero attached hydrogens (tertiary/aromatic N) is 1. The molecule has 0 bridgehead atoms. The second-order valence-corrected chi connectivity index (χ2v) is 4.45. The molecule has 0 aliphatic carbocycles. The van der Waals surface area contributed by atoms with Crippen molar-refractivity contribution in [3.05, 3.63) is 62.9 Å². The lowest BCUT2D eigenvalue weighted by molar-refractivity contribution is -0.385. The van der Waals surface area contributed by atoms with E-state index in [9.17, 15) is 24.4 Å². The zero-order valence-corrected chi connectivity index (χ0v) is 11.1. The number of hydrogen-bond acceptors (Lipinski definition) is 4. The largest absolute Gasteiger partial charge is 0.502 e. The molecule has 0 atom stereocenters. The monoisotopic (exact) mass is 310 g/mol. The van der Waals surface area contributed by atoms with Crippen LogP contribution in [0, 0.1) is 15.9 Å². The van der Waals surface area contributed by atoms with Gasteiger partial charge in [-0.25, -0.2) is 4.39 Å². The van der Waals surface area contributed by atoms with E-state index in [-0.39, 0.29) is 16.3 Å². The SMILES string of the molecule is O=C(Nc1ccc(Cl)c(F)c1)c1ccc([N+](=O)[O-])c(O)c1. The van der Waals surface area contributed by atoms with Gasteiger partial charge in [-0.3, -0.25) is 14.9 Å². The number of phenolic OH excluding ortho intramolecular Hbond substituents is 1. The Hall–Kier alpha value is -2.67. The van der Waals surface area contributed by atoms with Gasteiger partial charge in [0.15, 0.2) is 5.75 Å². The van der Waals surface area contributed by atoms with E-state index < -0.39 is 28.1 Å². The number of benzene rings is 2. The van der Waals surface area contributed by atoms with Crippen molar-refractivity contribution < 1.29 is 19.2 Å². The number of phenols is 1. The first-order valence-electron chi connectivity index (χ1n) is 5.62. The number of nitro benzene ring substituents is 1. The van der Waals surface area contributed by atoms with Crippen LogP contribution in [0.5, 0.6) is 5.75 Å². The molecule has 0 aromatic heterocycles. The minimum atomic E-state index is -0.772. The summed E-state index contributed by atoms with van der Waals surface area (Å²) < 4.78 is 13.2. The number of aromatic hydroxyl groups is 1. The second-order valence-electron chi connectivity index (χ2n) is 4.04. The normalized spacial score (nSPS) is 10.2. The summed E-state index contributed by atoms with van der Waals surface area (Å²) >= 11 is 5.52. The summed E-state index contributed by atoms with van der Waals surface area (Å²) in [5, 5.41) is 22.3. The van der Waals surface area contributed by atoms with Crippen LogP contribution in [0.2, 0.25) is 5.02 Å². The Balaban J connectivity index is 2.22. The van der Waals surface area contributed by atoms with E-state index in [2.05, 4.69) is 5.32 Å². The van der Waals surface area contributed by atoms with Crippen LogP contribution in [0.3, 0.4) is 0 Å². The van der Waals surface area contributed by atoms with Crippen molar-refractivity contribution in [2.75, 3.05) is 5.32 Å². The van der Waals surface area contributed by atoms with Crippen molar-refractivity contribution in [1.82, 2.24) is 0 Å². The Bertz CT molecular complexity index is 736. The van der Waals surface area contributed by atoms with E-state index in [4.69, 9.17) is 11.6 Å². The van der Waals surface area contributed by atoms with Gasteiger partial charge in [0.25, 0.3) is 5.91 Å². The number of hydrogen-bond donors (Lipinski definition) is 2. The first kappa shape index (κ1) is 14.7. The van der Waals surface area contributed by atoms with Crippen molar-refractivity contribution >= 4 is 28.9 Å². The van der Waals surface area contributed by atoms with E-state index in [1.165, 1.54) is 18.2 Å². The first-order valence-corrected chi connectivity index (χ1v) is 6.00. The molecule has 2 aromatic carbocycles. The van der Waals surface area contributed by atoms with E-state index in [0.717, 1.165) is 18.2 Å². The van der Waals surface area contributed by atoms with Crippen molar-refractivity contribution in [1.29, 1.82) is 0 Å². The third-order valence-corrected chi connectivity index (χ3v) is 2.92. The van der Waals surface area contributed by atoms with Crippen LogP contribution in [-0.4, -0.2) is 15.9 Å².